The second-order valence-corrected chi connectivity index (χ2v) is 8.57. The lowest BCUT2D eigenvalue weighted by Gasteiger charge is -2.39. The Hall–Kier alpha value is -3.36. The minimum absolute atomic E-state index is 0.213. The van der Waals surface area contributed by atoms with E-state index in [-0.39, 0.29) is 18.4 Å². The van der Waals surface area contributed by atoms with Gasteiger partial charge in [-0.25, -0.2) is 4.39 Å². The fourth-order valence-corrected chi connectivity index (χ4v) is 4.14. The van der Waals surface area contributed by atoms with E-state index >= 15 is 0 Å². The molecule has 4 rings (SSSR count). The molecule has 0 spiro atoms. The highest BCUT2D eigenvalue weighted by Gasteiger charge is 2.28. The standard InChI is InChI=1S/C25H26ClFN4O3/c1-17-4-7-19(15-21(17)26)29-25(33)24(32)28-16-22(23-3-2-14-34-23)31-12-10-30(11-13-31)20-8-5-18(27)6-9-20/h2-9,14-15,22H,10-13,16H2,1H3,(H,28,32)(H,29,33). The molecule has 1 atom stereocenters. The van der Waals surface area contributed by atoms with Crippen LogP contribution >= 0.6 is 11.6 Å². The van der Waals surface area contributed by atoms with Crippen molar-refractivity contribution >= 4 is 34.8 Å². The van der Waals surface area contributed by atoms with Crippen molar-refractivity contribution in [1.82, 2.24) is 10.2 Å². The fraction of sp³-hybridized carbons (Fsp3) is 0.280. The molecule has 0 aliphatic carbocycles. The van der Waals surface area contributed by atoms with Crippen molar-refractivity contribution in [3.63, 3.8) is 0 Å². The highest BCUT2D eigenvalue weighted by atomic mass is 35.5. The predicted octanol–water partition coefficient (Wildman–Crippen LogP) is 4.00. The zero-order valence-corrected chi connectivity index (χ0v) is 19.5. The molecule has 2 N–H and O–H groups in total. The lowest BCUT2D eigenvalue weighted by molar-refractivity contribution is -0.136. The Balaban J connectivity index is 1.35. The quantitative estimate of drug-likeness (QED) is 0.517. The van der Waals surface area contributed by atoms with Gasteiger partial charge in [-0.1, -0.05) is 17.7 Å². The second kappa shape index (κ2) is 10.7. The monoisotopic (exact) mass is 484 g/mol. The topological polar surface area (TPSA) is 77.8 Å². The van der Waals surface area contributed by atoms with E-state index in [1.54, 1.807) is 42.7 Å². The number of carbonyl (C=O) groups excluding carboxylic acids is 2. The van der Waals surface area contributed by atoms with Gasteiger partial charge in [-0.15, -0.1) is 0 Å². The van der Waals surface area contributed by atoms with E-state index in [1.807, 2.05) is 13.0 Å². The summed E-state index contributed by atoms with van der Waals surface area (Å²) >= 11 is 6.09. The van der Waals surface area contributed by atoms with Crippen LogP contribution in [0, 0.1) is 12.7 Å². The van der Waals surface area contributed by atoms with Gasteiger partial charge in [-0.2, -0.15) is 0 Å². The van der Waals surface area contributed by atoms with E-state index < -0.39 is 11.8 Å². The summed E-state index contributed by atoms with van der Waals surface area (Å²) in [7, 11) is 0. The van der Waals surface area contributed by atoms with Crippen LogP contribution < -0.4 is 15.5 Å². The predicted molar refractivity (Wildman–Crippen MR) is 129 cm³/mol. The van der Waals surface area contributed by atoms with Crippen molar-refractivity contribution in [2.24, 2.45) is 0 Å². The molecule has 2 heterocycles. The van der Waals surface area contributed by atoms with Crippen LogP contribution in [0.1, 0.15) is 17.4 Å². The van der Waals surface area contributed by atoms with Gasteiger partial charge < -0.3 is 20.0 Å². The van der Waals surface area contributed by atoms with Gasteiger partial charge in [0, 0.05) is 49.1 Å². The molecule has 2 aromatic carbocycles. The van der Waals surface area contributed by atoms with Crippen molar-refractivity contribution in [2.45, 2.75) is 13.0 Å². The third-order valence-corrected chi connectivity index (χ3v) is 6.32. The average molecular weight is 485 g/mol. The number of carbonyl (C=O) groups is 2. The maximum absolute atomic E-state index is 13.2. The number of nitrogens with zero attached hydrogens (tertiary/aromatic N) is 2. The molecule has 0 bridgehead atoms. The summed E-state index contributed by atoms with van der Waals surface area (Å²) in [6, 6.07) is 15.0. The minimum Gasteiger partial charge on any atom is -0.468 e. The van der Waals surface area contributed by atoms with Crippen LogP contribution in [0.25, 0.3) is 0 Å². The van der Waals surface area contributed by atoms with Crippen LogP contribution in [0.3, 0.4) is 0 Å². The number of anilines is 2. The Bertz CT molecular complexity index is 1130. The first-order chi connectivity index (χ1) is 16.4. The van der Waals surface area contributed by atoms with Gasteiger partial charge in [0.25, 0.3) is 0 Å². The molecule has 178 valence electrons. The number of nitrogens with one attached hydrogen (secondary N) is 2. The molecule has 1 aromatic heterocycles. The summed E-state index contributed by atoms with van der Waals surface area (Å²) in [5.74, 6) is -1.05. The Labute approximate surface area is 202 Å². The van der Waals surface area contributed by atoms with Crippen molar-refractivity contribution in [3.05, 3.63) is 83.0 Å². The Morgan fingerprint density at radius 3 is 2.44 bits per heavy atom. The van der Waals surface area contributed by atoms with Gasteiger partial charge in [-0.05, 0) is 61.0 Å². The van der Waals surface area contributed by atoms with E-state index in [0.717, 1.165) is 24.3 Å². The number of benzene rings is 2. The molecule has 1 unspecified atom stereocenters. The van der Waals surface area contributed by atoms with Crippen LogP contribution in [0.5, 0.6) is 0 Å². The van der Waals surface area contributed by atoms with Crippen LogP contribution in [-0.4, -0.2) is 49.4 Å². The van der Waals surface area contributed by atoms with Gasteiger partial charge in [0.1, 0.15) is 11.6 Å². The van der Waals surface area contributed by atoms with E-state index in [0.29, 0.717) is 29.6 Å². The third-order valence-electron chi connectivity index (χ3n) is 5.91. The third kappa shape index (κ3) is 5.76. The summed E-state index contributed by atoms with van der Waals surface area (Å²) in [4.78, 5) is 29.2. The molecule has 2 amide bonds. The zero-order chi connectivity index (χ0) is 24.1. The van der Waals surface area contributed by atoms with E-state index in [2.05, 4.69) is 20.4 Å². The number of rotatable bonds is 6. The van der Waals surface area contributed by atoms with Crippen LogP contribution in [-0.2, 0) is 9.59 Å². The van der Waals surface area contributed by atoms with Crippen molar-refractivity contribution < 1.29 is 18.4 Å². The maximum atomic E-state index is 13.2. The first-order valence-electron chi connectivity index (χ1n) is 11.0. The molecule has 3 aromatic rings. The number of amides is 2. The van der Waals surface area contributed by atoms with Crippen molar-refractivity contribution in [2.75, 3.05) is 42.9 Å². The molecule has 1 aliphatic heterocycles. The number of hydrogen-bond acceptors (Lipinski definition) is 5. The zero-order valence-electron chi connectivity index (χ0n) is 18.8. The second-order valence-electron chi connectivity index (χ2n) is 8.16. The summed E-state index contributed by atoms with van der Waals surface area (Å²) in [5.41, 5.74) is 2.30. The van der Waals surface area contributed by atoms with E-state index in [4.69, 9.17) is 16.0 Å². The molecule has 1 aliphatic rings. The summed E-state index contributed by atoms with van der Waals surface area (Å²) in [6.07, 6.45) is 1.59. The molecule has 0 saturated carbocycles. The SMILES string of the molecule is Cc1ccc(NC(=O)C(=O)NCC(c2ccco2)N2CCN(c3ccc(F)cc3)CC2)cc1Cl. The Morgan fingerprint density at radius 2 is 1.79 bits per heavy atom. The number of piperazine rings is 1. The van der Waals surface area contributed by atoms with Crippen molar-refractivity contribution in [3.8, 4) is 0 Å². The molecular weight excluding hydrogens is 459 g/mol. The number of hydrogen-bond donors (Lipinski definition) is 2. The smallest absolute Gasteiger partial charge is 0.313 e. The van der Waals surface area contributed by atoms with Crippen LogP contribution in [0.15, 0.2) is 65.3 Å². The van der Waals surface area contributed by atoms with Gasteiger partial charge >= 0.3 is 11.8 Å². The maximum Gasteiger partial charge on any atom is 0.313 e. The molecule has 1 saturated heterocycles. The van der Waals surface area contributed by atoms with E-state index in [9.17, 15) is 14.0 Å². The molecular formula is C25H26ClFN4O3. The molecule has 0 radical (unpaired) electrons. The Kier molecular flexibility index (Phi) is 7.49. The lowest BCUT2D eigenvalue weighted by atomic mass is 10.1. The van der Waals surface area contributed by atoms with Crippen LogP contribution in [0.4, 0.5) is 15.8 Å². The lowest BCUT2D eigenvalue weighted by Crippen LogP contribution is -2.50. The first-order valence-corrected chi connectivity index (χ1v) is 11.4. The normalized spacial score (nSPS) is 15.1. The van der Waals surface area contributed by atoms with Gasteiger partial charge in [0.2, 0.25) is 0 Å². The number of furan rings is 1. The largest absolute Gasteiger partial charge is 0.468 e. The summed E-state index contributed by atoms with van der Waals surface area (Å²) in [5, 5.41) is 5.80. The molecule has 34 heavy (non-hydrogen) atoms. The average Bonchev–Trinajstić information content (AvgIpc) is 3.37. The number of halogens is 2. The highest BCUT2D eigenvalue weighted by molar-refractivity contribution is 6.39. The molecule has 9 heteroatoms. The van der Waals surface area contributed by atoms with E-state index in [1.165, 1.54) is 12.1 Å². The Morgan fingerprint density at radius 1 is 1.06 bits per heavy atom. The van der Waals surface area contributed by atoms with Gasteiger partial charge in [-0.3, -0.25) is 14.5 Å². The van der Waals surface area contributed by atoms with Crippen molar-refractivity contribution in [1.29, 1.82) is 0 Å². The van der Waals surface area contributed by atoms with Gasteiger partial charge in [0.15, 0.2) is 0 Å². The fourth-order valence-electron chi connectivity index (χ4n) is 3.96. The molecule has 1 fully saturated rings. The van der Waals surface area contributed by atoms with Crippen LogP contribution in [0.2, 0.25) is 5.02 Å². The summed E-state index contributed by atoms with van der Waals surface area (Å²) in [6.45, 7) is 4.98. The summed E-state index contributed by atoms with van der Waals surface area (Å²) < 4.78 is 18.9. The molecule has 7 nitrogen and oxygen atoms in total. The number of aryl methyl sites for hydroxylation is 1. The van der Waals surface area contributed by atoms with Gasteiger partial charge in [0.05, 0.1) is 12.3 Å². The highest BCUT2D eigenvalue weighted by Crippen LogP contribution is 2.25. The minimum atomic E-state index is -0.765. The first kappa shape index (κ1) is 23.8.